The molecule has 1 heteroatoms. The Balaban J connectivity index is 2.22. The summed E-state index contributed by atoms with van der Waals surface area (Å²) in [5.41, 5.74) is 2.58. The molecule has 0 bridgehead atoms. The van der Waals surface area contributed by atoms with Crippen LogP contribution in [0.4, 0.5) is 0 Å². The summed E-state index contributed by atoms with van der Waals surface area (Å²) in [5, 5.41) is 9.29. The van der Waals surface area contributed by atoms with Gasteiger partial charge >= 0.3 is 0 Å². The summed E-state index contributed by atoms with van der Waals surface area (Å²) in [6.45, 7) is 8.86. The van der Waals surface area contributed by atoms with E-state index in [-0.39, 0.29) is 6.61 Å². The SMILES string of the molecule is C=C(CO)[C@@H]1CC[C@@H](C)[C@@H]2CCC(C)=C[C@H]21. The number of hydrogen-bond donors (Lipinski definition) is 1. The van der Waals surface area contributed by atoms with Crippen LogP contribution in [0.5, 0.6) is 0 Å². The van der Waals surface area contributed by atoms with Crippen LogP contribution >= 0.6 is 0 Å². The first kappa shape index (κ1) is 11.9. The van der Waals surface area contributed by atoms with Gasteiger partial charge in [-0.1, -0.05) is 25.2 Å². The van der Waals surface area contributed by atoms with Crippen LogP contribution in [0.25, 0.3) is 0 Å². The number of allylic oxidation sites excluding steroid dienone is 2. The first-order valence-corrected chi connectivity index (χ1v) is 6.59. The zero-order valence-electron chi connectivity index (χ0n) is 10.6. The van der Waals surface area contributed by atoms with E-state index in [9.17, 15) is 5.11 Å². The summed E-state index contributed by atoms with van der Waals surface area (Å²) in [5.74, 6) is 2.85. The van der Waals surface area contributed by atoms with Gasteiger partial charge in [0.2, 0.25) is 0 Å². The van der Waals surface area contributed by atoms with E-state index in [0.717, 1.165) is 17.4 Å². The van der Waals surface area contributed by atoms with Crippen molar-refractivity contribution in [3.63, 3.8) is 0 Å². The van der Waals surface area contributed by atoms with Crippen LogP contribution in [0.2, 0.25) is 0 Å². The molecule has 0 heterocycles. The van der Waals surface area contributed by atoms with E-state index < -0.39 is 0 Å². The van der Waals surface area contributed by atoms with Crippen LogP contribution in [0, 0.1) is 23.7 Å². The maximum atomic E-state index is 9.29. The second-order valence-corrected chi connectivity index (χ2v) is 5.77. The van der Waals surface area contributed by atoms with Crippen molar-refractivity contribution in [3.05, 3.63) is 23.8 Å². The van der Waals surface area contributed by atoms with Crippen molar-refractivity contribution < 1.29 is 5.11 Å². The Kier molecular flexibility index (Phi) is 3.53. The minimum absolute atomic E-state index is 0.162. The van der Waals surface area contributed by atoms with Crippen LogP contribution in [-0.2, 0) is 0 Å². The van der Waals surface area contributed by atoms with Crippen molar-refractivity contribution in [2.24, 2.45) is 23.7 Å². The van der Waals surface area contributed by atoms with E-state index in [1.54, 1.807) is 0 Å². The van der Waals surface area contributed by atoms with Crippen LogP contribution < -0.4 is 0 Å². The highest BCUT2D eigenvalue weighted by Crippen LogP contribution is 2.47. The third-order valence-corrected chi connectivity index (χ3v) is 4.70. The van der Waals surface area contributed by atoms with Gasteiger partial charge in [0, 0.05) is 0 Å². The summed E-state index contributed by atoms with van der Waals surface area (Å²) < 4.78 is 0. The zero-order valence-corrected chi connectivity index (χ0v) is 10.6. The number of aliphatic hydroxyl groups excluding tert-OH is 1. The first-order chi connectivity index (χ1) is 7.63. The minimum atomic E-state index is 0.162. The highest BCUT2D eigenvalue weighted by atomic mass is 16.3. The number of hydrogen-bond acceptors (Lipinski definition) is 1. The van der Waals surface area contributed by atoms with Crippen molar-refractivity contribution in [2.45, 2.75) is 39.5 Å². The normalized spacial score (nSPS) is 38.8. The van der Waals surface area contributed by atoms with Gasteiger partial charge in [-0.15, -0.1) is 0 Å². The Morgan fingerprint density at radius 3 is 2.88 bits per heavy atom. The molecule has 0 unspecified atom stereocenters. The lowest BCUT2D eigenvalue weighted by molar-refractivity contribution is 0.127. The molecule has 1 saturated carbocycles. The smallest absolute Gasteiger partial charge is 0.0642 e. The fraction of sp³-hybridized carbons (Fsp3) is 0.733. The lowest BCUT2D eigenvalue weighted by Gasteiger charge is -2.44. The highest BCUT2D eigenvalue weighted by molar-refractivity contribution is 5.16. The molecule has 0 aromatic rings. The van der Waals surface area contributed by atoms with Crippen LogP contribution in [0.3, 0.4) is 0 Å². The topological polar surface area (TPSA) is 20.2 Å². The monoisotopic (exact) mass is 220 g/mol. The third kappa shape index (κ3) is 2.10. The Morgan fingerprint density at radius 2 is 2.19 bits per heavy atom. The van der Waals surface area contributed by atoms with E-state index in [0.29, 0.717) is 11.8 Å². The molecule has 0 spiro atoms. The van der Waals surface area contributed by atoms with Gasteiger partial charge < -0.3 is 5.11 Å². The van der Waals surface area contributed by atoms with Gasteiger partial charge in [0.05, 0.1) is 6.61 Å². The molecule has 16 heavy (non-hydrogen) atoms. The van der Waals surface area contributed by atoms with E-state index in [1.165, 1.54) is 31.3 Å². The fourth-order valence-corrected chi connectivity index (χ4v) is 3.64. The molecule has 2 rings (SSSR count). The zero-order chi connectivity index (χ0) is 11.7. The maximum Gasteiger partial charge on any atom is 0.0642 e. The molecular weight excluding hydrogens is 196 g/mol. The molecule has 0 aromatic carbocycles. The molecule has 90 valence electrons. The predicted octanol–water partition coefficient (Wildman–Crippen LogP) is 3.55. The second kappa shape index (κ2) is 4.75. The quantitative estimate of drug-likeness (QED) is 0.706. The molecule has 0 aromatic heterocycles. The Hall–Kier alpha value is -0.560. The van der Waals surface area contributed by atoms with Crippen molar-refractivity contribution in [3.8, 4) is 0 Å². The predicted molar refractivity (Wildman–Crippen MR) is 68.1 cm³/mol. The minimum Gasteiger partial charge on any atom is -0.392 e. The van der Waals surface area contributed by atoms with E-state index >= 15 is 0 Å². The lowest BCUT2D eigenvalue weighted by atomic mass is 9.61. The summed E-state index contributed by atoms with van der Waals surface area (Å²) in [7, 11) is 0. The molecule has 4 atom stereocenters. The third-order valence-electron chi connectivity index (χ3n) is 4.70. The van der Waals surface area contributed by atoms with E-state index in [4.69, 9.17) is 0 Å². The molecule has 0 saturated heterocycles. The average molecular weight is 220 g/mol. The van der Waals surface area contributed by atoms with Gasteiger partial charge in [-0.3, -0.25) is 0 Å². The maximum absolute atomic E-state index is 9.29. The summed E-state index contributed by atoms with van der Waals surface area (Å²) >= 11 is 0. The molecule has 0 amide bonds. The molecule has 2 aliphatic rings. The largest absolute Gasteiger partial charge is 0.392 e. The molecular formula is C15H24O. The lowest BCUT2D eigenvalue weighted by Crippen LogP contribution is -2.35. The highest BCUT2D eigenvalue weighted by Gasteiger charge is 2.38. The number of rotatable bonds is 2. The molecule has 1 N–H and O–H groups in total. The van der Waals surface area contributed by atoms with E-state index in [1.807, 2.05) is 0 Å². The number of aliphatic hydroxyl groups is 1. The van der Waals surface area contributed by atoms with Crippen molar-refractivity contribution in [1.82, 2.24) is 0 Å². The van der Waals surface area contributed by atoms with Crippen molar-refractivity contribution >= 4 is 0 Å². The van der Waals surface area contributed by atoms with Crippen LogP contribution in [0.15, 0.2) is 23.8 Å². The van der Waals surface area contributed by atoms with Gasteiger partial charge in [0.15, 0.2) is 0 Å². The molecule has 0 aliphatic heterocycles. The summed E-state index contributed by atoms with van der Waals surface area (Å²) in [6, 6.07) is 0. The van der Waals surface area contributed by atoms with Crippen molar-refractivity contribution in [2.75, 3.05) is 6.61 Å². The Morgan fingerprint density at radius 1 is 1.44 bits per heavy atom. The molecule has 2 aliphatic carbocycles. The molecule has 1 fully saturated rings. The summed E-state index contributed by atoms with van der Waals surface area (Å²) in [4.78, 5) is 0. The van der Waals surface area contributed by atoms with Crippen LogP contribution in [0.1, 0.15) is 39.5 Å². The van der Waals surface area contributed by atoms with Gasteiger partial charge in [-0.05, 0) is 61.9 Å². The Bertz CT molecular complexity index is 303. The van der Waals surface area contributed by atoms with Crippen molar-refractivity contribution in [1.29, 1.82) is 0 Å². The van der Waals surface area contributed by atoms with Crippen LogP contribution in [-0.4, -0.2) is 11.7 Å². The van der Waals surface area contributed by atoms with E-state index in [2.05, 4.69) is 26.5 Å². The van der Waals surface area contributed by atoms with Gasteiger partial charge in [0.1, 0.15) is 0 Å². The molecule has 1 nitrogen and oxygen atoms in total. The first-order valence-electron chi connectivity index (χ1n) is 6.59. The fourth-order valence-electron chi connectivity index (χ4n) is 3.64. The summed E-state index contributed by atoms with van der Waals surface area (Å²) in [6.07, 6.45) is 7.59. The average Bonchev–Trinajstić information content (AvgIpc) is 2.28. The van der Waals surface area contributed by atoms with Gasteiger partial charge in [-0.25, -0.2) is 0 Å². The van der Waals surface area contributed by atoms with Gasteiger partial charge in [0.25, 0.3) is 0 Å². The molecule has 0 radical (unpaired) electrons. The second-order valence-electron chi connectivity index (χ2n) is 5.77. The number of fused-ring (bicyclic) bond motifs is 1. The van der Waals surface area contributed by atoms with Gasteiger partial charge in [-0.2, -0.15) is 0 Å². The standard InChI is InChI=1S/C15H24O/c1-10-4-6-13-11(2)5-7-14(12(3)9-16)15(13)8-10/h8,11,13-16H,3-7,9H2,1-2H3/t11-,13+,14+,15-/m1/s1. The Labute approximate surface area is 99.3 Å².